The maximum atomic E-state index is 4.64. The Labute approximate surface area is 128 Å². The van der Waals surface area contributed by atoms with E-state index in [0.717, 1.165) is 33.4 Å². The summed E-state index contributed by atoms with van der Waals surface area (Å²) in [7, 11) is 2.04. The molecule has 0 unspecified atom stereocenters. The molecule has 0 fully saturated rings. The van der Waals surface area contributed by atoms with Crippen LogP contribution in [0.3, 0.4) is 0 Å². The average Bonchev–Trinajstić information content (AvgIpc) is 3.02. The van der Waals surface area contributed by atoms with E-state index in [1.54, 1.807) is 11.3 Å². The molecule has 0 aliphatic heterocycles. The van der Waals surface area contributed by atoms with E-state index in [0.29, 0.717) is 12.5 Å². The molecule has 6 heteroatoms. The zero-order valence-electron chi connectivity index (χ0n) is 12.5. The summed E-state index contributed by atoms with van der Waals surface area (Å²) in [5, 5.41) is 13.7. The lowest BCUT2D eigenvalue weighted by Gasteiger charge is -2.02. The summed E-state index contributed by atoms with van der Waals surface area (Å²) >= 11 is 1.62. The lowest BCUT2D eigenvalue weighted by atomic mass is 10.1. The van der Waals surface area contributed by atoms with Gasteiger partial charge in [-0.1, -0.05) is 37.3 Å². The maximum Gasteiger partial charge on any atom is 0.206 e. The predicted octanol–water partition coefficient (Wildman–Crippen LogP) is 3.24. The van der Waals surface area contributed by atoms with Crippen LogP contribution in [-0.2, 0) is 20.0 Å². The fourth-order valence-corrected chi connectivity index (χ4v) is 3.21. The second-order valence-corrected chi connectivity index (χ2v) is 6.59. The molecule has 0 amide bonds. The van der Waals surface area contributed by atoms with Gasteiger partial charge in [0, 0.05) is 13.5 Å². The molecule has 0 saturated heterocycles. The predicted molar refractivity (Wildman–Crippen MR) is 86.5 cm³/mol. The third-order valence-corrected chi connectivity index (χ3v) is 4.23. The van der Waals surface area contributed by atoms with E-state index in [-0.39, 0.29) is 0 Å². The normalized spacial score (nSPS) is 11.4. The van der Waals surface area contributed by atoms with E-state index >= 15 is 0 Å². The van der Waals surface area contributed by atoms with E-state index < -0.39 is 0 Å². The van der Waals surface area contributed by atoms with E-state index in [1.807, 2.05) is 25.2 Å². The quantitative estimate of drug-likeness (QED) is 0.786. The number of aromatic nitrogens is 4. The average molecular weight is 301 g/mol. The first kappa shape index (κ1) is 14.0. The second kappa shape index (κ2) is 5.81. The van der Waals surface area contributed by atoms with Gasteiger partial charge in [0.15, 0.2) is 0 Å². The number of benzene rings is 1. The molecule has 0 atom stereocenters. The highest BCUT2D eigenvalue weighted by atomic mass is 32.1. The van der Waals surface area contributed by atoms with Gasteiger partial charge in [-0.2, -0.15) is 0 Å². The van der Waals surface area contributed by atoms with Crippen LogP contribution in [-0.4, -0.2) is 19.7 Å². The van der Waals surface area contributed by atoms with Crippen LogP contribution in [0.4, 0.5) is 5.13 Å². The van der Waals surface area contributed by atoms with Crippen molar-refractivity contribution in [1.29, 1.82) is 0 Å². The number of imidazole rings is 1. The summed E-state index contributed by atoms with van der Waals surface area (Å²) in [5.74, 6) is 1.60. The molecule has 0 saturated carbocycles. The number of nitrogens with one attached hydrogen (secondary N) is 1. The first-order valence-corrected chi connectivity index (χ1v) is 7.91. The maximum absolute atomic E-state index is 4.64. The summed E-state index contributed by atoms with van der Waals surface area (Å²) in [6.45, 7) is 5.03. The number of anilines is 1. The number of para-hydroxylation sites is 2. The molecule has 0 aliphatic carbocycles. The second-order valence-electron chi connectivity index (χ2n) is 5.53. The lowest BCUT2D eigenvalue weighted by molar-refractivity contribution is 0.640. The highest BCUT2D eigenvalue weighted by Crippen LogP contribution is 2.20. The monoisotopic (exact) mass is 301 g/mol. The highest BCUT2D eigenvalue weighted by molar-refractivity contribution is 7.15. The van der Waals surface area contributed by atoms with Gasteiger partial charge in [0.1, 0.15) is 10.8 Å². The molecular formula is C15H19N5S. The fraction of sp³-hybridized carbons (Fsp3) is 0.400. The minimum atomic E-state index is 0.602. The lowest BCUT2D eigenvalue weighted by Crippen LogP contribution is -2.05. The molecule has 3 rings (SSSR count). The van der Waals surface area contributed by atoms with Crippen molar-refractivity contribution in [1.82, 2.24) is 19.7 Å². The van der Waals surface area contributed by atoms with Crippen LogP contribution in [0.15, 0.2) is 24.3 Å². The molecule has 2 aromatic heterocycles. The Kier molecular flexibility index (Phi) is 3.88. The van der Waals surface area contributed by atoms with Crippen LogP contribution >= 0.6 is 11.3 Å². The molecule has 0 spiro atoms. The number of fused-ring (bicyclic) bond motifs is 1. The largest absolute Gasteiger partial charge is 0.353 e. The Bertz CT molecular complexity index is 743. The SMILES string of the molecule is CC(C)Cc1nnc(NCc2nc3ccccc3n2C)s1. The molecule has 0 aliphatic rings. The van der Waals surface area contributed by atoms with Gasteiger partial charge in [-0.25, -0.2) is 4.98 Å². The third kappa shape index (κ3) is 3.05. The summed E-state index contributed by atoms with van der Waals surface area (Å²) in [4.78, 5) is 4.64. The van der Waals surface area contributed by atoms with Gasteiger partial charge in [0.05, 0.1) is 17.6 Å². The highest BCUT2D eigenvalue weighted by Gasteiger charge is 2.09. The minimum absolute atomic E-state index is 0.602. The van der Waals surface area contributed by atoms with E-state index in [4.69, 9.17) is 0 Å². The van der Waals surface area contributed by atoms with Gasteiger partial charge in [-0.3, -0.25) is 0 Å². The Morgan fingerprint density at radius 3 is 2.81 bits per heavy atom. The molecule has 0 radical (unpaired) electrons. The van der Waals surface area contributed by atoms with E-state index in [2.05, 4.69) is 45.0 Å². The molecule has 3 aromatic rings. The standard InChI is InChI=1S/C15H19N5S/c1-10(2)8-14-18-19-15(21-14)16-9-13-17-11-6-4-5-7-12(11)20(13)3/h4-7,10H,8-9H2,1-3H3,(H,16,19). The Hall–Kier alpha value is -1.95. The third-order valence-electron chi connectivity index (χ3n) is 3.33. The number of rotatable bonds is 5. The van der Waals surface area contributed by atoms with Crippen LogP contribution < -0.4 is 5.32 Å². The van der Waals surface area contributed by atoms with Crippen molar-refractivity contribution in [2.75, 3.05) is 5.32 Å². The van der Waals surface area contributed by atoms with Crippen molar-refractivity contribution in [2.45, 2.75) is 26.8 Å². The van der Waals surface area contributed by atoms with Crippen molar-refractivity contribution in [2.24, 2.45) is 13.0 Å². The number of hydrogen-bond donors (Lipinski definition) is 1. The Morgan fingerprint density at radius 2 is 2.05 bits per heavy atom. The van der Waals surface area contributed by atoms with Crippen molar-refractivity contribution in [3.8, 4) is 0 Å². The van der Waals surface area contributed by atoms with Gasteiger partial charge >= 0.3 is 0 Å². The zero-order chi connectivity index (χ0) is 14.8. The summed E-state index contributed by atoms with van der Waals surface area (Å²) in [6.07, 6.45) is 0.978. The molecule has 1 aromatic carbocycles. The molecule has 1 N–H and O–H groups in total. The number of nitrogens with zero attached hydrogens (tertiary/aromatic N) is 4. The Morgan fingerprint density at radius 1 is 1.24 bits per heavy atom. The topological polar surface area (TPSA) is 55.6 Å². The minimum Gasteiger partial charge on any atom is -0.353 e. The van der Waals surface area contributed by atoms with Gasteiger partial charge in [-0.05, 0) is 18.1 Å². The summed E-state index contributed by atoms with van der Waals surface area (Å²) in [6, 6.07) is 8.15. The van der Waals surface area contributed by atoms with Crippen LogP contribution in [0, 0.1) is 5.92 Å². The van der Waals surface area contributed by atoms with Crippen molar-refractivity contribution < 1.29 is 0 Å². The van der Waals surface area contributed by atoms with Crippen LogP contribution in [0.2, 0.25) is 0 Å². The molecule has 21 heavy (non-hydrogen) atoms. The van der Waals surface area contributed by atoms with Crippen molar-refractivity contribution >= 4 is 27.5 Å². The van der Waals surface area contributed by atoms with Gasteiger partial charge in [0.25, 0.3) is 0 Å². The summed E-state index contributed by atoms with van der Waals surface area (Å²) in [5.41, 5.74) is 2.17. The van der Waals surface area contributed by atoms with Gasteiger partial charge in [0.2, 0.25) is 5.13 Å². The fourth-order valence-electron chi connectivity index (χ4n) is 2.26. The molecule has 2 heterocycles. The summed E-state index contributed by atoms with van der Waals surface area (Å²) < 4.78 is 2.11. The molecule has 110 valence electrons. The van der Waals surface area contributed by atoms with Gasteiger partial charge < -0.3 is 9.88 Å². The van der Waals surface area contributed by atoms with E-state index in [1.165, 1.54) is 0 Å². The van der Waals surface area contributed by atoms with Crippen molar-refractivity contribution in [3.63, 3.8) is 0 Å². The molecule has 0 bridgehead atoms. The first-order valence-electron chi connectivity index (χ1n) is 7.10. The molecular weight excluding hydrogens is 282 g/mol. The van der Waals surface area contributed by atoms with Crippen molar-refractivity contribution in [3.05, 3.63) is 35.1 Å². The number of aryl methyl sites for hydroxylation is 1. The molecule has 5 nitrogen and oxygen atoms in total. The number of hydrogen-bond acceptors (Lipinski definition) is 5. The smallest absolute Gasteiger partial charge is 0.206 e. The van der Waals surface area contributed by atoms with Crippen LogP contribution in [0.25, 0.3) is 11.0 Å². The van der Waals surface area contributed by atoms with Gasteiger partial charge in [-0.15, -0.1) is 10.2 Å². The zero-order valence-corrected chi connectivity index (χ0v) is 13.3. The van der Waals surface area contributed by atoms with Crippen LogP contribution in [0.1, 0.15) is 24.7 Å². The van der Waals surface area contributed by atoms with Crippen LogP contribution in [0.5, 0.6) is 0 Å². The Balaban J connectivity index is 1.71. The van der Waals surface area contributed by atoms with E-state index in [9.17, 15) is 0 Å². The first-order chi connectivity index (χ1) is 10.1.